The van der Waals surface area contributed by atoms with Gasteiger partial charge in [-0.3, -0.25) is 14.6 Å². The summed E-state index contributed by atoms with van der Waals surface area (Å²) in [5, 5.41) is 0. The zero-order valence-electron chi connectivity index (χ0n) is 15.4. The van der Waals surface area contributed by atoms with Crippen LogP contribution >= 0.6 is 0 Å². The number of carbonyl (C=O) groups excluding carboxylic acids is 2. The predicted octanol–water partition coefficient (Wildman–Crippen LogP) is 3.45. The Morgan fingerprint density at radius 1 is 1.15 bits per heavy atom. The Kier molecular flexibility index (Phi) is 6.67. The van der Waals surface area contributed by atoms with Crippen molar-refractivity contribution in [2.24, 2.45) is 0 Å². The van der Waals surface area contributed by atoms with Gasteiger partial charge in [0.25, 0.3) is 0 Å². The van der Waals surface area contributed by atoms with Gasteiger partial charge >= 0.3 is 12.1 Å². The van der Waals surface area contributed by atoms with Crippen molar-refractivity contribution < 1.29 is 19.1 Å². The molecule has 1 aromatic rings. The Balaban J connectivity index is 1.67. The van der Waals surface area contributed by atoms with Gasteiger partial charge in [-0.05, 0) is 26.3 Å². The number of nitrogens with zero attached hydrogens (tertiary/aromatic N) is 2. The summed E-state index contributed by atoms with van der Waals surface area (Å²) in [5.74, 6) is 2.63. The standard InChI is InChI=1S/C20H24N2O4/c1-20(2,3)26-19(24)22-14-13-21(16-22)12-8-7-11-18(23)25-15-17-9-5-4-6-10-17/h4-6,9-10,13-14H,7,11,15-16H2,1-3H3. The number of amides is 1. The van der Waals surface area contributed by atoms with E-state index in [9.17, 15) is 9.59 Å². The summed E-state index contributed by atoms with van der Waals surface area (Å²) in [5.41, 5.74) is 0.417. The van der Waals surface area contributed by atoms with Gasteiger partial charge in [-0.25, -0.2) is 4.79 Å². The number of hydrogen-bond acceptors (Lipinski definition) is 5. The molecule has 0 aliphatic carbocycles. The first-order valence-electron chi connectivity index (χ1n) is 8.46. The van der Waals surface area contributed by atoms with Crippen LogP contribution in [0.25, 0.3) is 0 Å². The maximum atomic E-state index is 11.9. The average molecular weight is 356 g/mol. The number of carbonyl (C=O) groups is 2. The van der Waals surface area contributed by atoms with Crippen LogP contribution in [-0.2, 0) is 20.9 Å². The molecule has 0 bridgehead atoms. The van der Waals surface area contributed by atoms with Gasteiger partial charge in [0, 0.05) is 24.9 Å². The molecule has 2 rings (SSSR count). The predicted molar refractivity (Wildman–Crippen MR) is 97.2 cm³/mol. The van der Waals surface area contributed by atoms with Gasteiger partial charge < -0.3 is 9.47 Å². The Bertz CT molecular complexity index is 711. The summed E-state index contributed by atoms with van der Waals surface area (Å²) < 4.78 is 10.5. The zero-order valence-corrected chi connectivity index (χ0v) is 15.4. The minimum atomic E-state index is -0.538. The third-order valence-corrected chi connectivity index (χ3v) is 3.28. The van der Waals surface area contributed by atoms with Crippen molar-refractivity contribution in [2.45, 2.75) is 45.8 Å². The monoisotopic (exact) mass is 356 g/mol. The highest BCUT2D eigenvalue weighted by atomic mass is 16.6. The third kappa shape index (κ3) is 6.89. The molecule has 0 N–H and O–H groups in total. The molecule has 6 nitrogen and oxygen atoms in total. The minimum Gasteiger partial charge on any atom is -0.461 e. The van der Waals surface area contributed by atoms with Gasteiger partial charge in [0.05, 0.1) is 6.42 Å². The fraction of sp³-hybridized carbons (Fsp3) is 0.400. The van der Waals surface area contributed by atoms with Crippen molar-refractivity contribution in [1.29, 1.82) is 0 Å². The molecule has 1 aliphatic heterocycles. The Morgan fingerprint density at radius 3 is 2.58 bits per heavy atom. The van der Waals surface area contributed by atoms with Crippen molar-refractivity contribution in [1.82, 2.24) is 9.80 Å². The van der Waals surface area contributed by atoms with Crippen LogP contribution in [0.15, 0.2) is 42.7 Å². The first-order chi connectivity index (χ1) is 12.3. The zero-order chi connectivity index (χ0) is 19.0. The lowest BCUT2D eigenvalue weighted by atomic mass is 10.2. The second-order valence-electron chi connectivity index (χ2n) is 6.79. The molecule has 0 aromatic heterocycles. The van der Waals surface area contributed by atoms with E-state index < -0.39 is 11.7 Å². The van der Waals surface area contributed by atoms with Crippen LogP contribution < -0.4 is 0 Å². The van der Waals surface area contributed by atoms with E-state index in [1.165, 1.54) is 4.90 Å². The van der Waals surface area contributed by atoms with Crippen molar-refractivity contribution in [2.75, 3.05) is 6.67 Å². The second-order valence-corrected chi connectivity index (χ2v) is 6.79. The van der Waals surface area contributed by atoms with E-state index >= 15 is 0 Å². The lowest BCUT2D eigenvalue weighted by Gasteiger charge is -2.23. The van der Waals surface area contributed by atoms with Crippen LogP contribution in [0.2, 0.25) is 0 Å². The lowest BCUT2D eigenvalue weighted by Crippen LogP contribution is -2.34. The molecular formula is C20H24N2O4. The number of hydrogen-bond donors (Lipinski definition) is 0. The smallest absolute Gasteiger partial charge is 0.415 e. The average Bonchev–Trinajstić information content (AvgIpc) is 3.05. The normalized spacial score (nSPS) is 13.2. The number of ether oxygens (including phenoxy) is 2. The molecule has 1 aromatic carbocycles. The lowest BCUT2D eigenvalue weighted by molar-refractivity contribution is -0.144. The molecule has 6 heteroatoms. The Morgan fingerprint density at radius 2 is 1.88 bits per heavy atom. The molecule has 26 heavy (non-hydrogen) atoms. The summed E-state index contributed by atoms with van der Waals surface area (Å²) in [6.45, 7) is 6.03. The molecule has 1 amide bonds. The van der Waals surface area contributed by atoms with Gasteiger partial charge in [-0.15, -0.1) is 0 Å². The van der Waals surface area contributed by atoms with Gasteiger partial charge in [0.1, 0.15) is 18.9 Å². The quantitative estimate of drug-likeness (QED) is 0.611. The summed E-state index contributed by atoms with van der Waals surface area (Å²) in [4.78, 5) is 26.7. The summed E-state index contributed by atoms with van der Waals surface area (Å²) in [6, 6.07) is 12.4. The molecule has 0 spiro atoms. The summed E-state index contributed by atoms with van der Waals surface area (Å²) >= 11 is 0. The molecule has 0 unspecified atom stereocenters. The first kappa shape index (κ1) is 19.4. The van der Waals surface area contributed by atoms with Crippen LogP contribution in [0.1, 0.15) is 39.2 Å². The van der Waals surface area contributed by atoms with Crippen molar-refractivity contribution >= 4 is 12.1 Å². The van der Waals surface area contributed by atoms with Crippen LogP contribution in [0.3, 0.4) is 0 Å². The maximum Gasteiger partial charge on any atom is 0.415 e. The van der Waals surface area contributed by atoms with E-state index in [1.54, 1.807) is 17.3 Å². The third-order valence-electron chi connectivity index (χ3n) is 3.28. The van der Waals surface area contributed by atoms with Crippen molar-refractivity contribution in [3.8, 4) is 12.0 Å². The Labute approximate surface area is 154 Å². The van der Waals surface area contributed by atoms with Gasteiger partial charge in [-0.1, -0.05) is 36.3 Å². The highest BCUT2D eigenvalue weighted by Crippen LogP contribution is 2.13. The highest BCUT2D eigenvalue weighted by Gasteiger charge is 2.24. The number of esters is 1. The molecule has 1 aliphatic rings. The van der Waals surface area contributed by atoms with Crippen molar-refractivity contribution in [3.05, 3.63) is 48.3 Å². The van der Waals surface area contributed by atoms with Gasteiger partial charge in [0.2, 0.25) is 0 Å². The van der Waals surface area contributed by atoms with Gasteiger partial charge in [0.15, 0.2) is 0 Å². The molecule has 138 valence electrons. The van der Waals surface area contributed by atoms with E-state index in [2.05, 4.69) is 12.0 Å². The summed E-state index contributed by atoms with van der Waals surface area (Å²) in [7, 11) is 0. The first-order valence-corrected chi connectivity index (χ1v) is 8.46. The molecule has 0 radical (unpaired) electrons. The molecule has 0 saturated heterocycles. The van der Waals surface area contributed by atoms with E-state index in [0.29, 0.717) is 13.1 Å². The molecule has 0 saturated carbocycles. The van der Waals surface area contributed by atoms with Crippen LogP contribution in [0.4, 0.5) is 4.79 Å². The largest absolute Gasteiger partial charge is 0.461 e. The van der Waals surface area contributed by atoms with E-state index in [4.69, 9.17) is 9.47 Å². The van der Waals surface area contributed by atoms with E-state index in [0.717, 1.165) is 5.56 Å². The van der Waals surface area contributed by atoms with Crippen LogP contribution in [-0.4, -0.2) is 34.1 Å². The highest BCUT2D eigenvalue weighted by molar-refractivity contribution is 5.70. The number of rotatable bonds is 4. The second kappa shape index (κ2) is 8.95. The minimum absolute atomic E-state index is 0.229. The molecule has 0 fully saturated rings. The fourth-order valence-electron chi connectivity index (χ4n) is 2.06. The molecular weight excluding hydrogens is 332 g/mol. The topological polar surface area (TPSA) is 59.1 Å². The molecule has 0 atom stereocenters. The maximum absolute atomic E-state index is 11.9. The van der Waals surface area contributed by atoms with E-state index in [1.807, 2.05) is 51.1 Å². The van der Waals surface area contributed by atoms with E-state index in [-0.39, 0.29) is 19.0 Å². The van der Waals surface area contributed by atoms with Crippen molar-refractivity contribution in [3.63, 3.8) is 0 Å². The van der Waals surface area contributed by atoms with Crippen LogP contribution in [0.5, 0.6) is 0 Å². The number of benzene rings is 1. The summed E-state index contributed by atoms with van der Waals surface area (Å²) in [6.07, 6.45) is 3.53. The fourth-order valence-corrected chi connectivity index (χ4v) is 2.06. The SMILES string of the molecule is CC(C)(C)OC(=O)N1C=CN(C#CCCC(=O)OCc2ccccc2)C1. The van der Waals surface area contributed by atoms with Gasteiger partial charge in [-0.2, -0.15) is 0 Å². The molecule has 1 heterocycles. The Hall–Kier alpha value is -2.94. The van der Waals surface area contributed by atoms with Crippen LogP contribution in [0, 0.1) is 12.0 Å².